The highest BCUT2D eigenvalue weighted by Crippen LogP contribution is 2.13. The molecule has 2 aliphatic rings. The molecule has 5 heteroatoms. The predicted octanol–water partition coefficient (Wildman–Crippen LogP) is -0.752. The highest BCUT2D eigenvalue weighted by atomic mass is 16.2. The third kappa shape index (κ3) is 1.06. The molecule has 0 aromatic heterocycles. The zero-order valence-corrected chi connectivity index (χ0v) is 6.67. The van der Waals surface area contributed by atoms with Gasteiger partial charge in [-0.15, -0.1) is 0 Å². The van der Waals surface area contributed by atoms with Gasteiger partial charge in [0.1, 0.15) is 0 Å². The van der Waals surface area contributed by atoms with E-state index in [1.54, 1.807) is 0 Å². The number of carbonyl (C=O) groups excluding carboxylic acids is 2. The standard InChI is InChI=1S/C7H11N3O2/c11-6-4-9-7(12)10(6)5-2-1-3-8-5/h5,8H,1-4H2,(H,9,12). The monoisotopic (exact) mass is 169 g/mol. The van der Waals surface area contributed by atoms with Crippen molar-refractivity contribution in [2.24, 2.45) is 0 Å². The molecule has 1 unspecified atom stereocenters. The molecule has 0 radical (unpaired) electrons. The number of carbonyl (C=O) groups is 2. The summed E-state index contributed by atoms with van der Waals surface area (Å²) >= 11 is 0. The highest BCUT2D eigenvalue weighted by molar-refractivity contribution is 6.02. The molecule has 1 atom stereocenters. The van der Waals surface area contributed by atoms with Crippen LogP contribution in [0.3, 0.4) is 0 Å². The molecule has 5 nitrogen and oxygen atoms in total. The van der Waals surface area contributed by atoms with Gasteiger partial charge in [0.15, 0.2) is 0 Å². The van der Waals surface area contributed by atoms with Crippen LogP contribution in [0.2, 0.25) is 0 Å². The van der Waals surface area contributed by atoms with Gasteiger partial charge in [-0.05, 0) is 19.4 Å². The van der Waals surface area contributed by atoms with Crippen LogP contribution >= 0.6 is 0 Å². The minimum absolute atomic E-state index is 0.0694. The molecular weight excluding hydrogens is 158 g/mol. The molecule has 0 aromatic carbocycles. The zero-order chi connectivity index (χ0) is 8.55. The maximum absolute atomic E-state index is 11.2. The Bertz CT molecular complexity index is 207. The summed E-state index contributed by atoms with van der Waals surface area (Å²) in [4.78, 5) is 23.6. The fraction of sp³-hybridized carbons (Fsp3) is 0.714. The highest BCUT2D eigenvalue weighted by Gasteiger charge is 2.35. The maximum Gasteiger partial charge on any atom is 0.325 e. The Morgan fingerprint density at radius 1 is 1.42 bits per heavy atom. The van der Waals surface area contributed by atoms with Crippen LogP contribution in [0.5, 0.6) is 0 Å². The Hall–Kier alpha value is -1.10. The maximum atomic E-state index is 11.2. The van der Waals surface area contributed by atoms with Crippen LogP contribution in [0.15, 0.2) is 0 Å². The van der Waals surface area contributed by atoms with E-state index in [-0.39, 0.29) is 24.6 Å². The molecule has 2 saturated heterocycles. The largest absolute Gasteiger partial charge is 0.328 e. The van der Waals surface area contributed by atoms with E-state index < -0.39 is 0 Å². The number of imide groups is 1. The molecule has 0 aliphatic carbocycles. The SMILES string of the molecule is O=C1CNC(=O)N1C1CCCN1. The third-order valence-electron chi connectivity index (χ3n) is 2.22. The Morgan fingerprint density at radius 3 is 2.75 bits per heavy atom. The summed E-state index contributed by atoms with van der Waals surface area (Å²) in [5.74, 6) is -0.126. The second kappa shape index (κ2) is 2.75. The molecule has 2 heterocycles. The van der Waals surface area contributed by atoms with Crippen molar-refractivity contribution in [3.8, 4) is 0 Å². The van der Waals surface area contributed by atoms with E-state index in [0.717, 1.165) is 19.4 Å². The first-order valence-electron chi connectivity index (χ1n) is 4.12. The lowest BCUT2D eigenvalue weighted by atomic mass is 10.3. The number of rotatable bonds is 1. The average Bonchev–Trinajstić information content (AvgIpc) is 2.61. The molecule has 2 aliphatic heterocycles. The molecule has 12 heavy (non-hydrogen) atoms. The number of amides is 3. The van der Waals surface area contributed by atoms with Crippen molar-refractivity contribution in [2.45, 2.75) is 19.0 Å². The van der Waals surface area contributed by atoms with Gasteiger partial charge in [0.25, 0.3) is 5.91 Å². The van der Waals surface area contributed by atoms with Crippen molar-refractivity contribution in [1.82, 2.24) is 15.5 Å². The summed E-state index contributed by atoms with van der Waals surface area (Å²) in [5.41, 5.74) is 0. The minimum Gasteiger partial charge on any atom is -0.328 e. The second-order valence-electron chi connectivity index (χ2n) is 3.03. The van der Waals surface area contributed by atoms with Crippen LogP contribution in [0.25, 0.3) is 0 Å². The molecule has 66 valence electrons. The number of hydrogen-bond donors (Lipinski definition) is 2. The number of hydrogen-bond acceptors (Lipinski definition) is 3. The zero-order valence-electron chi connectivity index (χ0n) is 6.67. The topological polar surface area (TPSA) is 61.4 Å². The first-order valence-corrected chi connectivity index (χ1v) is 4.12. The van der Waals surface area contributed by atoms with Crippen molar-refractivity contribution >= 4 is 11.9 Å². The van der Waals surface area contributed by atoms with Gasteiger partial charge in [-0.2, -0.15) is 0 Å². The number of nitrogens with zero attached hydrogens (tertiary/aromatic N) is 1. The van der Waals surface area contributed by atoms with Crippen molar-refractivity contribution in [1.29, 1.82) is 0 Å². The molecular formula is C7H11N3O2. The van der Waals surface area contributed by atoms with Crippen LogP contribution in [-0.4, -0.2) is 36.1 Å². The van der Waals surface area contributed by atoms with E-state index in [0.29, 0.717) is 0 Å². The van der Waals surface area contributed by atoms with Crippen LogP contribution in [0.4, 0.5) is 4.79 Å². The molecule has 0 saturated carbocycles. The lowest BCUT2D eigenvalue weighted by molar-refractivity contribution is -0.126. The summed E-state index contributed by atoms with van der Waals surface area (Å²) in [5, 5.41) is 5.60. The van der Waals surface area contributed by atoms with Gasteiger partial charge < -0.3 is 5.32 Å². The molecule has 0 bridgehead atoms. The van der Waals surface area contributed by atoms with E-state index in [9.17, 15) is 9.59 Å². The second-order valence-corrected chi connectivity index (χ2v) is 3.03. The Labute approximate surface area is 70.1 Å². The van der Waals surface area contributed by atoms with E-state index >= 15 is 0 Å². The number of urea groups is 1. The molecule has 2 rings (SSSR count). The van der Waals surface area contributed by atoms with Gasteiger partial charge in [0, 0.05) is 0 Å². The van der Waals surface area contributed by atoms with Crippen molar-refractivity contribution < 1.29 is 9.59 Å². The normalized spacial score (nSPS) is 29.7. The van der Waals surface area contributed by atoms with E-state index in [1.165, 1.54) is 4.90 Å². The van der Waals surface area contributed by atoms with Gasteiger partial charge in [0.2, 0.25) is 0 Å². The minimum atomic E-state index is -0.264. The first kappa shape index (κ1) is 7.54. The lowest BCUT2D eigenvalue weighted by Gasteiger charge is -2.19. The van der Waals surface area contributed by atoms with Crippen molar-refractivity contribution in [3.05, 3.63) is 0 Å². The predicted molar refractivity (Wildman–Crippen MR) is 41.3 cm³/mol. The van der Waals surface area contributed by atoms with Crippen molar-refractivity contribution in [2.75, 3.05) is 13.1 Å². The smallest absolute Gasteiger partial charge is 0.325 e. The summed E-state index contributed by atoms with van der Waals surface area (Å²) in [6.07, 6.45) is 1.83. The summed E-state index contributed by atoms with van der Waals surface area (Å²) < 4.78 is 0. The van der Waals surface area contributed by atoms with E-state index in [1.807, 2.05) is 0 Å². The Balaban J connectivity index is 2.09. The third-order valence-corrected chi connectivity index (χ3v) is 2.22. The van der Waals surface area contributed by atoms with Gasteiger partial charge in [-0.1, -0.05) is 0 Å². The Kier molecular flexibility index (Phi) is 1.73. The van der Waals surface area contributed by atoms with Crippen LogP contribution in [0.1, 0.15) is 12.8 Å². The van der Waals surface area contributed by atoms with Crippen molar-refractivity contribution in [3.63, 3.8) is 0 Å². The van der Waals surface area contributed by atoms with Gasteiger partial charge in [-0.3, -0.25) is 10.1 Å². The molecule has 2 fully saturated rings. The van der Waals surface area contributed by atoms with Crippen LogP contribution in [0, 0.1) is 0 Å². The van der Waals surface area contributed by atoms with Gasteiger partial charge in [-0.25, -0.2) is 9.69 Å². The van der Waals surface area contributed by atoms with Gasteiger partial charge >= 0.3 is 6.03 Å². The van der Waals surface area contributed by atoms with E-state index in [2.05, 4.69) is 10.6 Å². The average molecular weight is 169 g/mol. The fourth-order valence-corrected chi connectivity index (χ4v) is 1.64. The molecule has 3 amide bonds. The number of nitrogens with one attached hydrogen (secondary N) is 2. The van der Waals surface area contributed by atoms with Crippen LogP contribution in [-0.2, 0) is 4.79 Å². The van der Waals surface area contributed by atoms with Crippen LogP contribution < -0.4 is 10.6 Å². The summed E-state index contributed by atoms with van der Waals surface area (Å²) in [7, 11) is 0. The Morgan fingerprint density at radius 2 is 2.25 bits per heavy atom. The van der Waals surface area contributed by atoms with E-state index in [4.69, 9.17) is 0 Å². The quantitative estimate of drug-likeness (QED) is 0.507. The molecule has 0 aromatic rings. The summed E-state index contributed by atoms with van der Waals surface area (Å²) in [6.45, 7) is 1.04. The molecule has 2 N–H and O–H groups in total. The van der Waals surface area contributed by atoms with Gasteiger partial charge in [0.05, 0.1) is 12.7 Å². The molecule has 0 spiro atoms. The fourth-order valence-electron chi connectivity index (χ4n) is 1.64. The lowest BCUT2D eigenvalue weighted by Crippen LogP contribution is -2.45. The summed E-state index contributed by atoms with van der Waals surface area (Å²) in [6, 6.07) is -0.264. The first-order chi connectivity index (χ1) is 5.79.